The van der Waals surface area contributed by atoms with E-state index in [1.807, 2.05) is 18.5 Å². The van der Waals surface area contributed by atoms with E-state index in [0.29, 0.717) is 6.04 Å². The van der Waals surface area contributed by atoms with E-state index in [4.69, 9.17) is 0 Å². The van der Waals surface area contributed by atoms with Gasteiger partial charge in [0.2, 0.25) is 0 Å². The van der Waals surface area contributed by atoms with Gasteiger partial charge in [0.15, 0.2) is 0 Å². The molecule has 2 rings (SSSR count). The topological polar surface area (TPSA) is 29.9 Å². The second kappa shape index (κ2) is 6.17. The number of aromatic nitrogens is 2. The summed E-state index contributed by atoms with van der Waals surface area (Å²) >= 11 is 0. The minimum atomic E-state index is 0.387. The summed E-state index contributed by atoms with van der Waals surface area (Å²) in [6.07, 6.45) is 6.61. The normalized spacial score (nSPS) is 12.3. The highest BCUT2D eigenvalue weighted by Crippen LogP contribution is 2.16. The molecule has 0 bridgehead atoms. The van der Waals surface area contributed by atoms with Gasteiger partial charge in [-0.1, -0.05) is 43.8 Å². The Kier molecular flexibility index (Phi) is 4.31. The van der Waals surface area contributed by atoms with Crippen LogP contribution in [0.5, 0.6) is 0 Å². The first-order chi connectivity index (χ1) is 8.83. The van der Waals surface area contributed by atoms with E-state index < -0.39 is 0 Å². The van der Waals surface area contributed by atoms with Gasteiger partial charge in [-0.05, 0) is 12.0 Å². The van der Waals surface area contributed by atoms with Crippen LogP contribution >= 0.6 is 0 Å². The first-order valence-corrected chi connectivity index (χ1v) is 6.27. The summed E-state index contributed by atoms with van der Waals surface area (Å²) < 4.78 is 1.72. The van der Waals surface area contributed by atoms with Crippen molar-refractivity contribution < 1.29 is 0 Å². The largest absolute Gasteiger partial charge is 0.306 e. The van der Waals surface area contributed by atoms with Crippen molar-refractivity contribution in [1.82, 2.24) is 15.1 Å². The third kappa shape index (κ3) is 3.08. The maximum atomic E-state index is 4.17. The number of benzene rings is 1. The molecule has 0 aliphatic carbocycles. The minimum absolute atomic E-state index is 0.387. The first kappa shape index (κ1) is 12.6. The van der Waals surface area contributed by atoms with Gasteiger partial charge in [-0.25, -0.2) is 4.68 Å². The predicted molar refractivity (Wildman–Crippen MR) is 74.9 cm³/mol. The van der Waals surface area contributed by atoms with Crippen LogP contribution < -0.4 is 5.32 Å². The molecule has 0 amide bonds. The highest BCUT2D eigenvalue weighted by atomic mass is 15.2. The van der Waals surface area contributed by atoms with E-state index in [0.717, 1.165) is 13.0 Å². The Morgan fingerprint density at radius 2 is 2.17 bits per heavy atom. The Morgan fingerprint density at radius 3 is 2.78 bits per heavy atom. The second-order valence-electron chi connectivity index (χ2n) is 4.26. The molecule has 0 aliphatic heterocycles. The number of rotatable bonds is 6. The van der Waals surface area contributed by atoms with E-state index in [9.17, 15) is 0 Å². The first-order valence-electron chi connectivity index (χ1n) is 6.27. The zero-order chi connectivity index (χ0) is 12.8. The van der Waals surface area contributed by atoms with Gasteiger partial charge in [-0.2, -0.15) is 5.10 Å². The van der Waals surface area contributed by atoms with Gasteiger partial charge >= 0.3 is 0 Å². The third-order valence-corrected chi connectivity index (χ3v) is 3.00. The maximum absolute atomic E-state index is 4.17. The van der Waals surface area contributed by atoms with Crippen LogP contribution in [0.25, 0.3) is 6.20 Å². The molecular weight excluding hydrogens is 222 g/mol. The van der Waals surface area contributed by atoms with Crippen LogP contribution in [-0.4, -0.2) is 9.78 Å². The Labute approximate surface area is 108 Å². The van der Waals surface area contributed by atoms with Crippen molar-refractivity contribution in [2.75, 3.05) is 0 Å². The van der Waals surface area contributed by atoms with Crippen molar-refractivity contribution in [1.29, 1.82) is 0 Å². The highest BCUT2D eigenvalue weighted by Gasteiger charge is 2.08. The van der Waals surface area contributed by atoms with Crippen molar-refractivity contribution in [3.8, 4) is 0 Å². The molecule has 18 heavy (non-hydrogen) atoms. The fourth-order valence-electron chi connectivity index (χ4n) is 1.99. The van der Waals surface area contributed by atoms with Crippen molar-refractivity contribution in [2.45, 2.75) is 25.9 Å². The standard InChI is InChI=1S/C15H19N3/c1-3-15(14-8-6-5-7-9-14)16-10-13-11-17-18(4-2)12-13/h4-9,11-12,15-16H,2-3,10H2,1H3. The molecule has 0 saturated heterocycles. The molecule has 0 saturated carbocycles. The summed E-state index contributed by atoms with van der Waals surface area (Å²) in [4.78, 5) is 0. The summed E-state index contributed by atoms with van der Waals surface area (Å²) in [5.41, 5.74) is 2.50. The molecular formula is C15H19N3. The lowest BCUT2D eigenvalue weighted by atomic mass is 10.0. The van der Waals surface area contributed by atoms with Crippen LogP contribution in [0.3, 0.4) is 0 Å². The van der Waals surface area contributed by atoms with E-state index in [1.54, 1.807) is 10.9 Å². The van der Waals surface area contributed by atoms with Gasteiger partial charge in [0.05, 0.1) is 6.20 Å². The monoisotopic (exact) mass is 241 g/mol. The number of nitrogens with zero attached hydrogens (tertiary/aromatic N) is 2. The van der Waals surface area contributed by atoms with Crippen LogP contribution in [0.1, 0.15) is 30.5 Å². The minimum Gasteiger partial charge on any atom is -0.306 e. The molecule has 2 aromatic rings. The van der Waals surface area contributed by atoms with Crippen molar-refractivity contribution in [2.24, 2.45) is 0 Å². The van der Waals surface area contributed by atoms with Crippen LogP contribution in [0.15, 0.2) is 49.3 Å². The molecule has 0 radical (unpaired) electrons. The van der Waals surface area contributed by atoms with Gasteiger partial charge in [-0.3, -0.25) is 0 Å². The molecule has 1 unspecified atom stereocenters. The number of nitrogens with one attached hydrogen (secondary N) is 1. The van der Waals surface area contributed by atoms with Crippen LogP contribution in [0, 0.1) is 0 Å². The van der Waals surface area contributed by atoms with Crippen LogP contribution in [0.4, 0.5) is 0 Å². The Hall–Kier alpha value is -1.87. The Balaban J connectivity index is 1.97. The van der Waals surface area contributed by atoms with E-state index in [1.165, 1.54) is 11.1 Å². The quantitative estimate of drug-likeness (QED) is 0.841. The summed E-state index contributed by atoms with van der Waals surface area (Å²) in [5, 5.41) is 7.72. The summed E-state index contributed by atoms with van der Waals surface area (Å²) in [6, 6.07) is 10.9. The Morgan fingerprint density at radius 1 is 1.39 bits per heavy atom. The molecule has 1 atom stereocenters. The molecule has 1 aromatic carbocycles. The fraction of sp³-hybridized carbons (Fsp3) is 0.267. The van der Waals surface area contributed by atoms with Gasteiger partial charge in [0, 0.05) is 30.5 Å². The summed E-state index contributed by atoms with van der Waals surface area (Å²) in [5.74, 6) is 0. The zero-order valence-electron chi connectivity index (χ0n) is 10.7. The highest BCUT2D eigenvalue weighted by molar-refractivity contribution is 5.20. The van der Waals surface area contributed by atoms with Gasteiger partial charge in [-0.15, -0.1) is 0 Å². The van der Waals surface area contributed by atoms with Gasteiger partial charge in [0.1, 0.15) is 0 Å². The summed E-state index contributed by atoms with van der Waals surface area (Å²) in [6.45, 7) is 6.70. The fourth-order valence-corrected chi connectivity index (χ4v) is 1.99. The molecule has 1 N–H and O–H groups in total. The average molecular weight is 241 g/mol. The average Bonchev–Trinajstić information content (AvgIpc) is 2.89. The van der Waals surface area contributed by atoms with Crippen molar-refractivity contribution in [3.05, 3.63) is 60.4 Å². The van der Waals surface area contributed by atoms with E-state index >= 15 is 0 Å². The smallest absolute Gasteiger partial charge is 0.0538 e. The SMILES string of the molecule is C=Cn1cc(CNC(CC)c2ccccc2)cn1. The van der Waals surface area contributed by atoms with Crippen molar-refractivity contribution in [3.63, 3.8) is 0 Å². The molecule has 3 nitrogen and oxygen atoms in total. The van der Waals surface area contributed by atoms with E-state index in [2.05, 4.69) is 48.2 Å². The van der Waals surface area contributed by atoms with Crippen molar-refractivity contribution >= 4 is 6.20 Å². The second-order valence-corrected chi connectivity index (χ2v) is 4.26. The molecule has 1 heterocycles. The number of hydrogen-bond acceptors (Lipinski definition) is 2. The van der Waals surface area contributed by atoms with Crippen LogP contribution in [-0.2, 0) is 6.54 Å². The molecule has 3 heteroatoms. The third-order valence-electron chi connectivity index (χ3n) is 3.00. The zero-order valence-corrected chi connectivity index (χ0v) is 10.7. The van der Waals surface area contributed by atoms with Gasteiger partial charge in [0.25, 0.3) is 0 Å². The molecule has 1 aromatic heterocycles. The lowest BCUT2D eigenvalue weighted by Crippen LogP contribution is -2.19. The molecule has 0 aliphatic rings. The van der Waals surface area contributed by atoms with Gasteiger partial charge < -0.3 is 5.32 Å². The Bertz CT molecular complexity index is 487. The lowest BCUT2D eigenvalue weighted by Gasteiger charge is -2.16. The summed E-state index contributed by atoms with van der Waals surface area (Å²) in [7, 11) is 0. The molecule has 0 fully saturated rings. The van der Waals surface area contributed by atoms with Crippen LogP contribution in [0.2, 0.25) is 0 Å². The number of hydrogen-bond donors (Lipinski definition) is 1. The molecule has 0 spiro atoms. The molecule has 94 valence electrons. The van der Waals surface area contributed by atoms with E-state index in [-0.39, 0.29) is 0 Å². The predicted octanol–water partition coefficient (Wildman–Crippen LogP) is 3.22. The maximum Gasteiger partial charge on any atom is 0.0538 e. The lowest BCUT2D eigenvalue weighted by molar-refractivity contribution is 0.519.